The molecule has 14 heteroatoms. The second kappa shape index (κ2) is 35.6. The van der Waals surface area contributed by atoms with Gasteiger partial charge >= 0.3 is 12.4 Å². The predicted octanol–water partition coefficient (Wildman–Crippen LogP) is 23.6. The van der Waals surface area contributed by atoms with Crippen LogP contribution in [0.4, 0.5) is 26.3 Å². The zero-order chi connectivity index (χ0) is 69.3. The van der Waals surface area contributed by atoms with Gasteiger partial charge in [0.2, 0.25) is 5.82 Å². The lowest BCUT2D eigenvalue weighted by molar-refractivity contribution is -0.145. The van der Waals surface area contributed by atoms with E-state index in [1.54, 1.807) is 12.4 Å². The zero-order valence-corrected chi connectivity index (χ0v) is 60.7. The van der Waals surface area contributed by atoms with Crippen LogP contribution in [-0.4, -0.2) is 29.9 Å². The van der Waals surface area contributed by atoms with Crippen molar-refractivity contribution in [3.05, 3.63) is 189 Å². The van der Waals surface area contributed by atoms with Crippen LogP contribution in [0.1, 0.15) is 260 Å². The zero-order valence-electron chi connectivity index (χ0n) is 59.9. The molecule has 0 saturated heterocycles. The highest BCUT2D eigenvalue weighted by molar-refractivity contribution is 7.12. The van der Waals surface area contributed by atoms with Crippen LogP contribution in [0.5, 0.6) is 0 Å². The van der Waals surface area contributed by atoms with E-state index in [0.717, 1.165) is 23.3 Å². The number of pyridine rings is 3. The minimum Gasteiger partial charge on any atom is -0.448 e. The normalized spacial score (nSPS) is 12.0. The van der Waals surface area contributed by atoms with Crippen molar-refractivity contribution in [3.63, 3.8) is 0 Å². The van der Waals surface area contributed by atoms with E-state index in [9.17, 15) is 26.3 Å². The lowest BCUT2D eigenvalue weighted by Crippen LogP contribution is -2.16. The van der Waals surface area contributed by atoms with Gasteiger partial charge in [-0.2, -0.15) is 26.3 Å². The second-order valence-corrected chi connectivity index (χ2v) is 32.6. The number of hydrogen-bond donors (Lipinski definition) is 0. The first-order chi connectivity index (χ1) is 39.4. The Morgan fingerprint density at radius 2 is 0.818 bits per heavy atom. The van der Waals surface area contributed by atoms with Gasteiger partial charge in [0.15, 0.2) is 6.39 Å². The molecule has 0 bridgehead atoms. The summed E-state index contributed by atoms with van der Waals surface area (Å²) in [5.74, 6) is 0.674. The summed E-state index contributed by atoms with van der Waals surface area (Å²) < 4.78 is 77.8. The van der Waals surface area contributed by atoms with Crippen LogP contribution in [0.3, 0.4) is 0 Å². The van der Waals surface area contributed by atoms with Crippen molar-refractivity contribution >= 4 is 11.3 Å². The number of benzene rings is 1. The van der Waals surface area contributed by atoms with Crippen molar-refractivity contribution in [2.75, 3.05) is 0 Å². The third kappa shape index (κ3) is 40.0. The van der Waals surface area contributed by atoms with E-state index in [-0.39, 0.29) is 32.5 Å². The monoisotopic (exact) mass is 1250 g/mol. The van der Waals surface area contributed by atoms with Gasteiger partial charge in [-0.05, 0) is 122 Å². The van der Waals surface area contributed by atoms with Gasteiger partial charge in [0.25, 0.3) is 0 Å². The van der Waals surface area contributed by atoms with Gasteiger partial charge in [0, 0.05) is 58.5 Å². The summed E-state index contributed by atoms with van der Waals surface area (Å²) in [5, 5.41) is 0. The summed E-state index contributed by atoms with van der Waals surface area (Å²) in [6.45, 7) is 65.9. The summed E-state index contributed by atoms with van der Waals surface area (Å²) in [6.07, 6.45) is 5.65. The number of aromatic nitrogens is 6. The van der Waals surface area contributed by atoms with E-state index in [1.807, 2.05) is 77.5 Å². The minimum atomic E-state index is -4.46. The summed E-state index contributed by atoms with van der Waals surface area (Å²) in [5.41, 5.74) is 8.48. The maximum absolute atomic E-state index is 12.2. The average molecular weight is 1250 g/mol. The molecule has 0 aliphatic heterocycles. The average Bonchev–Trinajstić information content (AvgIpc) is 2.92. The summed E-state index contributed by atoms with van der Waals surface area (Å²) >= 11 is 1.89. The quantitative estimate of drug-likeness (QED) is 0.140. The Morgan fingerprint density at radius 1 is 0.386 bits per heavy atom. The molecule has 0 unspecified atom stereocenters. The third-order valence-electron chi connectivity index (χ3n) is 11.5. The molecule has 1 aromatic carbocycles. The largest absolute Gasteiger partial charge is 0.451 e. The van der Waals surface area contributed by atoms with Crippen molar-refractivity contribution in [2.24, 2.45) is 11.3 Å². The van der Waals surface area contributed by atoms with Crippen LogP contribution in [0.25, 0.3) is 0 Å². The number of oxazole rings is 1. The maximum Gasteiger partial charge on any atom is 0.451 e. The number of hydrogen-bond acceptors (Lipinski definition) is 8. The number of thiophene rings is 1. The molecule has 0 amide bonds. The highest BCUT2D eigenvalue weighted by atomic mass is 32.1. The Bertz CT molecular complexity index is 2750. The Hall–Kier alpha value is -5.76. The summed E-state index contributed by atoms with van der Waals surface area (Å²) in [4.78, 5) is 24.9. The Kier molecular flexibility index (Phi) is 34.1. The molecule has 7 aromatic rings. The van der Waals surface area contributed by atoms with Gasteiger partial charge in [-0.25, -0.2) is 15.0 Å². The van der Waals surface area contributed by atoms with Gasteiger partial charge in [0.05, 0.1) is 6.20 Å². The summed E-state index contributed by atoms with van der Waals surface area (Å²) in [6, 6.07) is 21.8. The van der Waals surface area contributed by atoms with E-state index >= 15 is 0 Å². The third-order valence-corrected chi connectivity index (χ3v) is 12.9. The molecule has 0 N–H and O–H groups in total. The molecular weight excluding hydrogens is 1130 g/mol. The Balaban J connectivity index is 0. The molecule has 0 spiro atoms. The first-order valence-electron chi connectivity index (χ1n) is 30.2. The van der Waals surface area contributed by atoms with Gasteiger partial charge in [-0.1, -0.05) is 242 Å². The van der Waals surface area contributed by atoms with Crippen molar-refractivity contribution in [3.8, 4) is 0 Å². The molecule has 6 aromatic heterocycles. The van der Waals surface area contributed by atoms with Crippen LogP contribution in [-0.2, 0) is 50.3 Å². The molecule has 6 heterocycles. The number of halogens is 6. The van der Waals surface area contributed by atoms with Crippen LogP contribution in [0.2, 0.25) is 0 Å². The molecule has 0 aliphatic rings. The molecule has 494 valence electrons. The topological polar surface area (TPSA) is 90.5 Å². The highest BCUT2D eigenvalue weighted by Gasteiger charge is 2.35. The molecular formula is C74H114F6N6OS. The van der Waals surface area contributed by atoms with E-state index in [1.165, 1.54) is 68.6 Å². The molecule has 7 nitrogen and oxygen atoms in total. The van der Waals surface area contributed by atoms with Crippen molar-refractivity contribution < 1.29 is 30.8 Å². The number of aryl methyl sites for hydroxylation is 3. The molecule has 0 saturated carbocycles. The van der Waals surface area contributed by atoms with Crippen LogP contribution in [0.15, 0.2) is 127 Å². The van der Waals surface area contributed by atoms with Crippen LogP contribution in [0, 0.1) is 32.1 Å². The van der Waals surface area contributed by atoms with Gasteiger partial charge in [0.1, 0.15) is 11.5 Å². The highest BCUT2D eigenvalue weighted by Crippen LogP contribution is 2.32. The fraction of sp³-hybridized carbons (Fsp3) is 0.568. The Labute approximate surface area is 534 Å². The predicted molar refractivity (Wildman–Crippen MR) is 363 cm³/mol. The smallest absolute Gasteiger partial charge is 0.448 e. The Morgan fingerprint density at radius 3 is 1.08 bits per heavy atom. The van der Waals surface area contributed by atoms with Crippen LogP contribution < -0.4 is 0 Å². The van der Waals surface area contributed by atoms with E-state index in [2.05, 4.69) is 252 Å². The number of alkyl halides is 6. The fourth-order valence-corrected chi connectivity index (χ4v) is 7.10. The molecule has 7 rings (SSSR count). The van der Waals surface area contributed by atoms with Crippen molar-refractivity contribution in [1.82, 2.24) is 29.9 Å². The molecule has 0 atom stereocenters. The van der Waals surface area contributed by atoms with E-state index in [0.29, 0.717) is 16.4 Å². The van der Waals surface area contributed by atoms with Gasteiger partial charge < -0.3 is 4.42 Å². The molecule has 0 aliphatic carbocycles. The summed E-state index contributed by atoms with van der Waals surface area (Å²) in [7, 11) is 0. The second-order valence-electron chi connectivity index (χ2n) is 31.3. The number of rotatable bonds is 0. The minimum absolute atomic E-state index is 0.0938. The maximum atomic E-state index is 12.2. The van der Waals surface area contributed by atoms with Gasteiger partial charge in [-0.15, -0.1) is 11.3 Å². The molecule has 0 radical (unpaired) electrons. The lowest BCUT2D eigenvalue weighted by atomic mass is 9.86. The van der Waals surface area contributed by atoms with Gasteiger partial charge in [-0.3, -0.25) is 15.0 Å². The van der Waals surface area contributed by atoms with E-state index < -0.39 is 23.9 Å². The van der Waals surface area contributed by atoms with Crippen molar-refractivity contribution in [1.29, 1.82) is 0 Å². The molecule has 88 heavy (non-hydrogen) atoms. The fourth-order valence-electron chi connectivity index (χ4n) is 6.17. The number of nitrogens with zero attached hydrogens (tertiary/aromatic N) is 6. The van der Waals surface area contributed by atoms with E-state index in [4.69, 9.17) is 4.42 Å². The standard InChI is InChI=1S/C11H16.C10H12F3N.C10H15N.C9H11F3N2.C9H13N.C9H14S.C7H11NO.C5H12.C4H10/c1-9-6-5-7-10(8-9)11(2,3)4;1-9(2,3)7-4-5-8(14-6-7)10(11,12)13;1-8-5-9(7-11-6-8)10(2,3)4;1-8(2,3)6-4-13-7(14-5-6)9(10,11)12;1-9(2,3)8-5-4-6-10-7-8;1-7-5-6-8(10-7)9(2,3)4;1-7(2,3)6-4-8-5-9-6;1-5(2,3)4;1-4(2)3/h5-8H,1-4H3;4-6H,1-3H3;5-7H,1-4H3;4-5H,1-3H3;4-7H,1-3H3;5-6H,1-4H3;4-5H,1-3H3;1-4H3;4H,1-3H3. The SMILES string of the molecule is CC(C)(C)C.CC(C)(C)c1ccc(C(F)(F)F)nc1.CC(C)(C)c1cccnc1.CC(C)(C)c1cnc(C(F)(F)F)nc1.CC(C)(C)c1cnco1.CC(C)C.Cc1ccc(C(C)(C)C)s1.Cc1cccc(C(C)(C)C)c1.Cc1cncc(C(C)(C)C)c1. The molecule has 0 fully saturated rings. The lowest BCUT2D eigenvalue weighted by Gasteiger charge is -2.19. The first-order valence-corrected chi connectivity index (χ1v) is 31.0. The van der Waals surface area contributed by atoms with Crippen molar-refractivity contribution in [2.45, 2.75) is 265 Å². The van der Waals surface area contributed by atoms with Crippen LogP contribution >= 0.6 is 11.3 Å². The first kappa shape index (κ1) is 84.3.